The van der Waals surface area contributed by atoms with E-state index in [2.05, 4.69) is 140 Å². The molecule has 0 amide bonds. The summed E-state index contributed by atoms with van der Waals surface area (Å²) in [6.45, 7) is 2.93. The Morgan fingerprint density at radius 3 is 1.36 bits per heavy atom. The number of hydrogen-bond acceptors (Lipinski definition) is 6. The molecule has 274 valence electrons. The summed E-state index contributed by atoms with van der Waals surface area (Å²) in [5, 5.41) is 13.2. The van der Waals surface area contributed by atoms with Gasteiger partial charge in [-0.1, -0.05) is 97.1 Å². The summed E-state index contributed by atoms with van der Waals surface area (Å²) in [7, 11) is 0.219. The first-order valence-electron chi connectivity index (χ1n) is 19.5. The van der Waals surface area contributed by atoms with Crippen molar-refractivity contribution >= 4 is 77.6 Å². The smallest absolute Gasteiger partial charge is 0.361 e. The molecule has 8 nitrogen and oxygen atoms in total. The SMILES string of the molecule is CNCCCCO[Si]1(OCCCCNC)n2c3c4ccccc4c2C=C2N=C(C=c4c5ccccc5c(n41)=CC1=NC(=C3)c3ccccc31)c1ccccc12. The summed E-state index contributed by atoms with van der Waals surface area (Å²) in [5.74, 6) is 0. The van der Waals surface area contributed by atoms with Crippen LogP contribution in [0.1, 0.15) is 59.3 Å². The maximum absolute atomic E-state index is 7.68. The van der Waals surface area contributed by atoms with Gasteiger partial charge in [0.2, 0.25) is 0 Å². The van der Waals surface area contributed by atoms with E-state index in [0.29, 0.717) is 13.2 Å². The Bertz CT molecular complexity index is 2590. The van der Waals surface area contributed by atoms with Crippen molar-refractivity contribution in [2.45, 2.75) is 25.7 Å². The van der Waals surface area contributed by atoms with E-state index in [9.17, 15) is 0 Å². The number of nitrogens with zero attached hydrogens (tertiary/aromatic N) is 4. The van der Waals surface area contributed by atoms with Gasteiger partial charge in [-0.25, -0.2) is 9.98 Å². The molecule has 6 aromatic rings. The fourth-order valence-corrected chi connectivity index (χ4v) is 12.3. The molecule has 0 atom stereocenters. The van der Waals surface area contributed by atoms with Crippen LogP contribution in [0, 0.1) is 0 Å². The first-order valence-corrected chi connectivity index (χ1v) is 21.3. The molecule has 6 bridgehead atoms. The third-order valence-electron chi connectivity index (χ3n) is 11.2. The molecular formula is C46H44N6O2Si. The third-order valence-corrected chi connectivity index (χ3v) is 14.5. The second kappa shape index (κ2) is 14.0. The molecule has 0 spiro atoms. The van der Waals surface area contributed by atoms with Gasteiger partial charge in [0, 0.05) is 79.1 Å². The van der Waals surface area contributed by atoms with Crippen LogP contribution in [0.25, 0.3) is 57.2 Å². The Morgan fingerprint density at radius 2 is 0.909 bits per heavy atom. The lowest BCUT2D eigenvalue weighted by atomic mass is 10.0. The molecule has 2 N–H and O–H groups in total. The molecule has 2 aromatic heterocycles. The average molecular weight is 741 g/mol. The zero-order valence-electron chi connectivity index (χ0n) is 31.3. The average Bonchev–Trinajstić information content (AvgIpc) is 3.93. The van der Waals surface area contributed by atoms with Crippen molar-refractivity contribution in [2.24, 2.45) is 9.98 Å². The molecule has 55 heavy (non-hydrogen) atoms. The minimum atomic E-state index is -3.80. The van der Waals surface area contributed by atoms with Gasteiger partial charge in [0.15, 0.2) is 0 Å². The maximum Gasteiger partial charge on any atom is 0.598 e. The minimum Gasteiger partial charge on any atom is -0.361 e. The standard InChI is InChI=1S/C46H44N6O2Si/c1-47-23-11-13-25-53-55(54-26-14-12-24-48-2)51-43-27-39-31-15-3-4-16-32(31)40(49-39)28-44-37-21-9-10-22-38(37)46(52(44)55)30-42-34-18-6-5-17-33(34)41(50-42)29-45(51)36-20-8-7-19-35(36)43/h3-10,15-22,27-30,47-48H,11-14,23-26H2,1-2H3. The van der Waals surface area contributed by atoms with E-state index in [4.69, 9.17) is 18.8 Å². The highest BCUT2D eigenvalue weighted by atomic mass is 28.4. The quantitative estimate of drug-likeness (QED) is 0.109. The molecule has 0 fully saturated rings. The van der Waals surface area contributed by atoms with Gasteiger partial charge in [-0.2, -0.15) is 0 Å². The Morgan fingerprint density at radius 1 is 0.491 bits per heavy atom. The molecule has 10 rings (SSSR count). The van der Waals surface area contributed by atoms with Crippen LogP contribution in [0.4, 0.5) is 0 Å². The highest BCUT2D eigenvalue weighted by Crippen LogP contribution is 2.40. The van der Waals surface area contributed by atoms with Crippen molar-refractivity contribution in [1.29, 1.82) is 0 Å². The molecule has 0 unspecified atom stereocenters. The molecule has 0 saturated heterocycles. The van der Waals surface area contributed by atoms with E-state index < -0.39 is 8.88 Å². The van der Waals surface area contributed by atoms with Gasteiger partial charge < -0.3 is 28.0 Å². The zero-order valence-corrected chi connectivity index (χ0v) is 32.3. The fraction of sp³-hybridized carbons (Fsp3) is 0.217. The van der Waals surface area contributed by atoms with E-state index in [1.165, 1.54) is 0 Å². The van der Waals surface area contributed by atoms with Crippen molar-refractivity contribution in [3.05, 3.63) is 141 Å². The molecular weight excluding hydrogens is 697 g/mol. The second-order valence-corrected chi connectivity index (χ2v) is 17.2. The minimum absolute atomic E-state index is 0.542. The number of aromatic nitrogens is 2. The molecule has 9 heteroatoms. The van der Waals surface area contributed by atoms with Crippen molar-refractivity contribution in [2.75, 3.05) is 40.4 Å². The Balaban J connectivity index is 1.42. The van der Waals surface area contributed by atoms with Gasteiger partial charge in [0.1, 0.15) is 0 Å². The van der Waals surface area contributed by atoms with Gasteiger partial charge in [0.05, 0.1) is 22.8 Å². The predicted molar refractivity (Wildman–Crippen MR) is 229 cm³/mol. The van der Waals surface area contributed by atoms with Gasteiger partial charge in [-0.3, -0.25) is 0 Å². The maximum atomic E-state index is 7.68. The second-order valence-electron chi connectivity index (χ2n) is 14.6. The van der Waals surface area contributed by atoms with Gasteiger partial charge >= 0.3 is 8.88 Å². The third kappa shape index (κ3) is 5.49. The number of rotatable bonds is 12. The number of benzene rings is 4. The highest BCUT2D eigenvalue weighted by molar-refractivity contribution is 6.65. The normalized spacial score (nSPS) is 15.7. The van der Waals surface area contributed by atoms with Crippen molar-refractivity contribution in [3.63, 3.8) is 0 Å². The number of hydrogen-bond donors (Lipinski definition) is 2. The molecule has 4 aromatic carbocycles. The summed E-state index contributed by atoms with van der Waals surface area (Å²) >= 11 is 0. The largest absolute Gasteiger partial charge is 0.598 e. The van der Waals surface area contributed by atoms with Crippen molar-refractivity contribution in [1.82, 2.24) is 19.1 Å². The summed E-state index contributed by atoms with van der Waals surface area (Å²) < 4.78 is 20.3. The summed E-state index contributed by atoms with van der Waals surface area (Å²) in [5.41, 5.74) is 10.3. The number of unbranched alkanes of at least 4 members (excludes halogenated alkanes) is 2. The van der Waals surface area contributed by atoms with Crippen LogP contribution in [0.2, 0.25) is 0 Å². The van der Waals surface area contributed by atoms with E-state index in [1.807, 2.05) is 14.1 Å². The van der Waals surface area contributed by atoms with Gasteiger partial charge in [0.25, 0.3) is 0 Å². The molecule has 0 aliphatic carbocycles. The Hall–Kier alpha value is -5.42. The van der Waals surface area contributed by atoms with Crippen LogP contribution < -0.4 is 21.3 Å². The van der Waals surface area contributed by atoms with E-state index in [1.54, 1.807) is 0 Å². The molecule has 6 heterocycles. The predicted octanol–water partition coefficient (Wildman–Crippen LogP) is 6.65. The number of nitrogens with one attached hydrogen (secondary N) is 2. The lowest BCUT2D eigenvalue weighted by Crippen LogP contribution is -2.64. The lowest BCUT2D eigenvalue weighted by Gasteiger charge is -2.35. The monoisotopic (exact) mass is 740 g/mol. The van der Waals surface area contributed by atoms with Crippen molar-refractivity contribution in [3.8, 4) is 0 Å². The van der Waals surface area contributed by atoms with Crippen LogP contribution in [0.3, 0.4) is 0 Å². The van der Waals surface area contributed by atoms with Crippen LogP contribution in [-0.2, 0) is 8.85 Å². The van der Waals surface area contributed by atoms with Gasteiger partial charge in [-0.05, 0) is 77.2 Å². The molecule has 4 aliphatic rings. The lowest BCUT2D eigenvalue weighted by molar-refractivity contribution is 0.143. The van der Waals surface area contributed by atoms with E-state index in [0.717, 1.165) is 127 Å². The van der Waals surface area contributed by atoms with Crippen LogP contribution in [0.15, 0.2) is 107 Å². The topological polar surface area (TPSA) is 77.1 Å². The number of aliphatic imine (C=N–C) groups is 2. The van der Waals surface area contributed by atoms with Crippen LogP contribution in [0.5, 0.6) is 0 Å². The van der Waals surface area contributed by atoms with Gasteiger partial charge in [-0.15, -0.1) is 0 Å². The molecule has 0 radical (unpaired) electrons. The number of fused-ring (bicyclic) bond motifs is 14. The van der Waals surface area contributed by atoms with Crippen LogP contribution in [-0.4, -0.2) is 69.2 Å². The fourth-order valence-electron chi connectivity index (χ4n) is 8.72. The summed E-state index contributed by atoms with van der Waals surface area (Å²) in [6.07, 6.45) is 12.9. The summed E-state index contributed by atoms with van der Waals surface area (Å²) in [4.78, 5) is 10.8. The Kier molecular flexibility index (Phi) is 8.69. The highest BCUT2D eigenvalue weighted by Gasteiger charge is 2.51. The first kappa shape index (κ1) is 34.1. The van der Waals surface area contributed by atoms with Crippen LogP contribution >= 0.6 is 0 Å². The molecule has 4 aliphatic heterocycles. The van der Waals surface area contributed by atoms with E-state index in [-0.39, 0.29) is 0 Å². The van der Waals surface area contributed by atoms with E-state index >= 15 is 0 Å². The summed E-state index contributed by atoms with van der Waals surface area (Å²) in [6, 6.07) is 34.7. The first-order chi connectivity index (χ1) is 27.2. The Labute approximate surface area is 321 Å². The molecule has 0 saturated carbocycles. The zero-order chi connectivity index (χ0) is 36.9. The van der Waals surface area contributed by atoms with Crippen molar-refractivity contribution < 1.29 is 8.85 Å².